The van der Waals surface area contributed by atoms with E-state index in [-0.39, 0.29) is 11.8 Å². The molecular weight excluding hydrogens is 358 g/mol. The molecule has 2 aromatic carbocycles. The van der Waals surface area contributed by atoms with Crippen molar-refractivity contribution < 1.29 is 9.59 Å². The van der Waals surface area contributed by atoms with Crippen LogP contribution in [0.3, 0.4) is 0 Å². The monoisotopic (exact) mass is 379 g/mol. The van der Waals surface area contributed by atoms with Crippen molar-refractivity contribution in [2.75, 3.05) is 38.5 Å². The van der Waals surface area contributed by atoms with Crippen molar-refractivity contribution in [3.8, 4) is 0 Å². The third kappa shape index (κ3) is 3.91. The zero-order chi connectivity index (χ0) is 18.8. The van der Waals surface area contributed by atoms with E-state index in [9.17, 15) is 9.59 Å². The number of thioether (sulfide) groups is 1. The van der Waals surface area contributed by atoms with Crippen LogP contribution in [0.2, 0.25) is 0 Å². The van der Waals surface area contributed by atoms with Crippen molar-refractivity contribution in [2.45, 2.75) is 4.90 Å². The van der Waals surface area contributed by atoms with Crippen LogP contribution >= 0.6 is 11.8 Å². The minimum absolute atomic E-state index is 0.0704. The van der Waals surface area contributed by atoms with Gasteiger partial charge in [-0.15, -0.1) is 0 Å². The minimum atomic E-state index is -0.101. The van der Waals surface area contributed by atoms with Crippen molar-refractivity contribution in [3.05, 3.63) is 64.6 Å². The van der Waals surface area contributed by atoms with Crippen LogP contribution in [-0.4, -0.2) is 54.8 Å². The number of likely N-dealkylation sites (N-methyl/N-ethyl adjacent to an activating group) is 1. The van der Waals surface area contributed by atoms with Crippen LogP contribution in [0.1, 0.15) is 15.9 Å². The van der Waals surface area contributed by atoms with Gasteiger partial charge in [-0.05, 0) is 43.0 Å². The van der Waals surface area contributed by atoms with Crippen LogP contribution in [0.5, 0.6) is 0 Å². The van der Waals surface area contributed by atoms with Crippen LogP contribution in [0.15, 0.2) is 58.3 Å². The molecule has 1 N–H and O–H groups in total. The SMILES string of the molecule is CN1CCN(C(=O)c2ccc(/C=C3/Sc4ccccc4NC3=O)cc2)CC1. The van der Waals surface area contributed by atoms with Gasteiger partial charge in [0.05, 0.1) is 10.6 Å². The fourth-order valence-electron chi connectivity index (χ4n) is 3.17. The Labute approximate surface area is 163 Å². The summed E-state index contributed by atoms with van der Waals surface area (Å²) in [5, 5.41) is 2.91. The summed E-state index contributed by atoms with van der Waals surface area (Å²) in [6.07, 6.45) is 1.86. The third-order valence-corrected chi connectivity index (χ3v) is 5.92. The molecule has 138 valence electrons. The van der Waals surface area contributed by atoms with Crippen molar-refractivity contribution in [2.24, 2.45) is 0 Å². The highest BCUT2D eigenvalue weighted by molar-refractivity contribution is 8.04. The van der Waals surface area contributed by atoms with Crippen LogP contribution in [0, 0.1) is 0 Å². The molecular formula is C21H21N3O2S. The first kappa shape index (κ1) is 17.8. The lowest BCUT2D eigenvalue weighted by Gasteiger charge is -2.32. The minimum Gasteiger partial charge on any atom is -0.336 e. The van der Waals surface area contributed by atoms with Crippen molar-refractivity contribution in [1.29, 1.82) is 0 Å². The number of carbonyl (C=O) groups excluding carboxylic acids is 2. The number of hydrogen-bond donors (Lipinski definition) is 1. The van der Waals surface area contributed by atoms with Gasteiger partial charge in [0.2, 0.25) is 0 Å². The first-order chi connectivity index (χ1) is 13.1. The molecule has 2 aromatic rings. The second kappa shape index (κ2) is 7.58. The molecule has 0 aliphatic carbocycles. The molecule has 0 atom stereocenters. The van der Waals surface area contributed by atoms with E-state index in [0.717, 1.165) is 42.3 Å². The van der Waals surface area contributed by atoms with Crippen LogP contribution in [0.25, 0.3) is 6.08 Å². The summed E-state index contributed by atoms with van der Waals surface area (Å²) in [6, 6.07) is 15.2. The van der Waals surface area contributed by atoms with Gasteiger partial charge < -0.3 is 15.1 Å². The molecule has 2 amide bonds. The van der Waals surface area contributed by atoms with Gasteiger partial charge in [-0.25, -0.2) is 0 Å². The standard InChI is InChI=1S/C21H21N3O2S/c1-23-10-12-24(13-11-23)21(26)16-8-6-15(7-9-16)14-19-20(25)22-17-4-2-3-5-18(17)27-19/h2-9,14H,10-13H2,1H3,(H,22,25)/b19-14+. The van der Waals surface area contributed by atoms with Gasteiger partial charge in [0.15, 0.2) is 0 Å². The van der Waals surface area contributed by atoms with E-state index in [2.05, 4.69) is 17.3 Å². The number of piperazine rings is 1. The smallest absolute Gasteiger partial charge is 0.262 e. The number of nitrogens with one attached hydrogen (secondary N) is 1. The van der Waals surface area contributed by atoms with Gasteiger partial charge in [0.25, 0.3) is 11.8 Å². The van der Waals surface area contributed by atoms with E-state index in [4.69, 9.17) is 0 Å². The second-order valence-corrected chi connectivity index (χ2v) is 7.86. The lowest BCUT2D eigenvalue weighted by molar-refractivity contribution is -0.112. The molecule has 1 saturated heterocycles. The number of hydrogen-bond acceptors (Lipinski definition) is 4. The Morgan fingerprint density at radius 2 is 1.74 bits per heavy atom. The predicted molar refractivity (Wildman–Crippen MR) is 109 cm³/mol. The van der Waals surface area contributed by atoms with Crippen LogP contribution < -0.4 is 5.32 Å². The highest BCUT2D eigenvalue weighted by Gasteiger charge is 2.21. The van der Waals surface area contributed by atoms with Crippen LogP contribution in [0.4, 0.5) is 5.69 Å². The summed E-state index contributed by atoms with van der Waals surface area (Å²) in [4.78, 5) is 30.7. The largest absolute Gasteiger partial charge is 0.336 e. The zero-order valence-electron chi connectivity index (χ0n) is 15.1. The fourth-order valence-corrected chi connectivity index (χ4v) is 4.12. The number of carbonyl (C=O) groups is 2. The summed E-state index contributed by atoms with van der Waals surface area (Å²) in [7, 11) is 2.07. The van der Waals surface area contributed by atoms with E-state index >= 15 is 0 Å². The molecule has 2 aliphatic heterocycles. The normalized spacial score (nSPS) is 18.9. The Morgan fingerprint density at radius 3 is 2.48 bits per heavy atom. The van der Waals surface area contributed by atoms with Crippen molar-refractivity contribution >= 4 is 35.3 Å². The van der Waals surface area contributed by atoms with Crippen molar-refractivity contribution in [3.63, 3.8) is 0 Å². The molecule has 0 spiro atoms. The van der Waals surface area contributed by atoms with Gasteiger partial charge in [-0.2, -0.15) is 0 Å². The number of benzene rings is 2. The molecule has 27 heavy (non-hydrogen) atoms. The molecule has 0 unspecified atom stereocenters. The third-order valence-electron chi connectivity index (χ3n) is 4.82. The summed E-state index contributed by atoms with van der Waals surface area (Å²) < 4.78 is 0. The number of amides is 2. The van der Waals surface area contributed by atoms with Gasteiger partial charge in [0, 0.05) is 36.6 Å². The van der Waals surface area contributed by atoms with Gasteiger partial charge in [-0.3, -0.25) is 9.59 Å². The van der Waals surface area contributed by atoms with Crippen molar-refractivity contribution in [1.82, 2.24) is 9.80 Å². The van der Waals surface area contributed by atoms with E-state index in [1.165, 1.54) is 11.8 Å². The Hall–Kier alpha value is -2.57. The molecule has 1 fully saturated rings. The lowest BCUT2D eigenvalue weighted by atomic mass is 10.1. The maximum absolute atomic E-state index is 12.6. The Bertz CT molecular complexity index is 900. The summed E-state index contributed by atoms with van der Waals surface area (Å²) in [6.45, 7) is 3.34. The van der Waals surface area contributed by atoms with Gasteiger partial charge in [0.1, 0.15) is 0 Å². The molecule has 0 radical (unpaired) electrons. The molecule has 4 rings (SSSR count). The number of rotatable bonds is 2. The zero-order valence-corrected chi connectivity index (χ0v) is 16.0. The molecule has 6 heteroatoms. The Kier molecular flexibility index (Phi) is 5.01. The molecule has 2 aliphatic rings. The topological polar surface area (TPSA) is 52.6 Å². The van der Waals surface area contributed by atoms with E-state index in [0.29, 0.717) is 10.5 Å². The Morgan fingerprint density at radius 1 is 1.04 bits per heavy atom. The number of para-hydroxylation sites is 1. The maximum atomic E-state index is 12.6. The summed E-state index contributed by atoms with van der Waals surface area (Å²) >= 11 is 1.46. The number of fused-ring (bicyclic) bond motifs is 1. The summed E-state index contributed by atoms with van der Waals surface area (Å²) in [5.74, 6) is -0.0303. The summed E-state index contributed by atoms with van der Waals surface area (Å²) in [5.41, 5.74) is 2.44. The second-order valence-electron chi connectivity index (χ2n) is 6.78. The average molecular weight is 379 g/mol. The molecule has 0 saturated carbocycles. The predicted octanol–water partition coefficient (Wildman–Crippen LogP) is 3.16. The highest BCUT2D eigenvalue weighted by atomic mass is 32.2. The average Bonchev–Trinajstić information content (AvgIpc) is 2.69. The van der Waals surface area contributed by atoms with Crippen LogP contribution in [-0.2, 0) is 4.79 Å². The maximum Gasteiger partial charge on any atom is 0.262 e. The molecule has 0 bridgehead atoms. The van der Waals surface area contributed by atoms with E-state index < -0.39 is 0 Å². The first-order valence-corrected chi connectivity index (χ1v) is 9.79. The fraction of sp³-hybridized carbons (Fsp3) is 0.238. The van der Waals surface area contributed by atoms with E-state index in [1.54, 1.807) is 0 Å². The lowest BCUT2D eigenvalue weighted by Crippen LogP contribution is -2.47. The molecule has 5 nitrogen and oxygen atoms in total. The Balaban J connectivity index is 1.49. The van der Waals surface area contributed by atoms with Gasteiger partial charge in [-0.1, -0.05) is 36.0 Å². The van der Waals surface area contributed by atoms with Gasteiger partial charge >= 0.3 is 0 Å². The number of anilines is 1. The number of nitrogens with zero attached hydrogens (tertiary/aromatic N) is 2. The van der Waals surface area contributed by atoms with E-state index in [1.807, 2.05) is 59.5 Å². The first-order valence-electron chi connectivity index (χ1n) is 8.98. The molecule has 2 heterocycles. The molecule has 0 aromatic heterocycles. The highest BCUT2D eigenvalue weighted by Crippen LogP contribution is 2.38. The quantitative estimate of drug-likeness (QED) is 0.815.